The Morgan fingerprint density at radius 3 is 2.64 bits per heavy atom. The highest BCUT2D eigenvalue weighted by Crippen LogP contribution is 2.50. The number of nitriles is 1. The fourth-order valence-electron chi connectivity index (χ4n) is 4.70. The molecule has 3 heterocycles. The predicted molar refractivity (Wildman–Crippen MR) is 155 cm³/mol. The highest BCUT2D eigenvalue weighted by molar-refractivity contribution is 9.10. The molecule has 3 aromatic rings. The standard InChI is InChI=1S/C25H23BrN8O2S3/c1-12-30-31-22(38-12)29-18(36)11-37-24-33-32-23(39-24)34-16-8-25(2,3)9-17(35)20(16)19(15(10-27)21(34)28)13-4-6-14(26)7-5-13/h4-7,19H,8-9,11,28H2,1-3H3,(H,29,31,36). The van der Waals surface area contributed by atoms with Gasteiger partial charge in [0.05, 0.1) is 23.3 Å². The summed E-state index contributed by atoms with van der Waals surface area (Å²) in [6, 6.07) is 9.85. The number of Topliss-reactive ketones (excluding diaryl/α,β-unsaturated/α-hetero) is 1. The van der Waals surface area contributed by atoms with Gasteiger partial charge in [-0.3, -0.25) is 19.8 Å². The van der Waals surface area contributed by atoms with E-state index >= 15 is 0 Å². The Bertz CT molecular complexity index is 1570. The van der Waals surface area contributed by atoms with Crippen LogP contribution >= 0.6 is 50.4 Å². The highest BCUT2D eigenvalue weighted by Gasteiger charge is 2.45. The normalized spacial score (nSPS) is 18.7. The SMILES string of the molecule is Cc1nnc(NC(=O)CSc2nnc(N3C(N)=C(C#N)C(c4ccc(Br)cc4)C4=C3CC(C)(C)CC4=O)s2)s1. The third-order valence-corrected chi connectivity index (χ3v) is 9.60. The Kier molecular flexibility index (Phi) is 7.60. The average Bonchev–Trinajstić information content (AvgIpc) is 3.50. The van der Waals surface area contributed by atoms with Crippen molar-refractivity contribution in [2.75, 3.05) is 16.0 Å². The van der Waals surface area contributed by atoms with Crippen molar-refractivity contribution in [2.45, 2.75) is 43.9 Å². The van der Waals surface area contributed by atoms with Crippen LogP contribution < -0.4 is 16.0 Å². The lowest BCUT2D eigenvalue weighted by atomic mass is 9.69. The number of allylic oxidation sites excluding steroid dienone is 3. The number of thioether (sulfide) groups is 1. The quantitative estimate of drug-likeness (QED) is 0.346. The van der Waals surface area contributed by atoms with Gasteiger partial charge in [-0.15, -0.1) is 20.4 Å². The van der Waals surface area contributed by atoms with Crippen LogP contribution in [0.2, 0.25) is 0 Å². The van der Waals surface area contributed by atoms with Crippen molar-refractivity contribution in [3.05, 3.63) is 62.0 Å². The van der Waals surface area contributed by atoms with Crippen molar-refractivity contribution in [2.24, 2.45) is 11.1 Å². The highest BCUT2D eigenvalue weighted by atomic mass is 79.9. The summed E-state index contributed by atoms with van der Waals surface area (Å²) in [6.07, 6.45) is 0.942. The Morgan fingerprint density at radius 1 is 1.23 bits per heavy atom. The maximum atomic E-state index is 13.6. The zero-order valence-electron chi connectivity index (χ0n) is 21.2. The maximum Gasteiger partial charge on any atom is 0.236 e. The Balaban J connectivity index is 1.48. The molecule has 3 N–H and O–H groups in total. The number of nitrogens with two attached hydrogens (primary N) is 1. The molecule has 2 aromatic heterocycles. The smallest absolute Gasteiger partial charge is 0.236 e. The Morgan fingerprint density at radius 2 is 1.97 bits per heavy atom. The Labute approximate surface area is 245 Å². The average molecular weight is 644 g/mol. The number of nitrogens with zero attached hydrogens (tertiary/aromatic N) is 6. The van der Waals surface area contributed by atoms with Crippen LogP contribution in [0.1, 0.15) is 43.2 Å². The number of benzene rings is 1. The summed E-state index contributed by atoms with van der Waals surface area (Å²) >= 11 is 7.23. The van der Waals surface area contributed by atoms with Gasteiger partial charge in [-0.25, -0.2) is 0 Å². The second kappa shape index (κ2) is 10.8. The first-order valence-corrected chi connectivity index (χ1v) is 15.3. The molecular weight excluding hydrogens is 620 g/mol. The van der Waals surface area contributed by atoms with Crippen LogP contribution in [0.5, 0.6) is 0 Å². The molecule has 0 spiro atoms. The van der Waals surface area contributed by atoms with E-state index in [4.69, 9.17) is 5.73 Å². The zero-order valence-corrected chi connectivity index (χ0v) is 25.2. The van der Waals surface area contributed by atoms with Crippen molar-refractivity contribution in [1.29, 1.82) is 5.26 Å². The van der Waals surface area contributed by atoms with E-state index in [0.29, 0.717) is 38.6 Å². The van der Waals surface area contributed by atoms with Crippen LogP contribution in [-0.4, -0.2) is 37.8 Å². The number of aryl methyl sites for hydroxylation is 1. The monoisotopic (exact) mass is 642 g/mol. The van der Waals surface area contributed by atoms with Gasteiger partial charge in [-0.05, 0) is 36.5 Å². The summed E-state index contributed by atoms with van der Waals surface area (Å²) in [5, 5.41) is 31.0. The van der Waals surface area contributed by atoms with E-state index in [0.717, 1.165) is 20.7 Å². The molecule has 1 unspecified atom stereocenters. The molecule has 1 aliphatic carbocycles. The molecule has 0 bridgehead atoms. The summed E-state index contributed by atoms with van der Waals surface area (Å²) in [7, 11) is 0. The fraction of sp³-hybridized carbons (Fsp3) is 0.320. The largest absolute Gasteiger partial charge is 0.384 e. The minimum absolute atomic E-state index is 0.0119. The predicted octanol–water partition coefficient (Wildman–Crippen LogP) is 5.13. The molecule has 200 valence electrons. The van der Waals surface area contributed by atoms with Crippen molar-refractivity contribution in [3.8, 4) is 6.07 Å². The van der Waals surface area contributed by atoms with Crippen LogP contribution in [0.25, 0.3) is 0 Å². The molecule has 0 saturated carbocycles. The van der Waals surface area contributed by atoms with Gasteiger partial charge in [0, 0.05) is 22.2 Å². The Hall–Kier alpha value is -3.12. The number of halogens is 1. The third kappa shape index (κ3) is 5.62. The molecule has 10 nitrogen and oxygen atoms in total. The third-order valence-electron chi connectivity index (χ3n) is 6.27. The molecule has 14 heteroatoms. The van der Waals surface area contributed by atoms with Gasteiger partial charge < -0.3 is 5.73 Å². The van der Waals surface area contributed by atoms with Crippen molar-refractivity contribution >= 4 is 72.3 Å². The zero-order chi connectivity index (χ0) is 27.9. The van der Waals surface area contributed by atoms with Gasteiger partial charge in [-0.2, -0.15) is 5.26 Å². The van der Waals surface area contributed by atoms with E-state index < -0.39 is 5.92 Å². The minimum Gasteiger partial charge on any atom is -0.384 e. The number of carbonyl (C=O) groups excluding carboxylic acids is 2. The van der Waals surface area contributed by atoms with Gasteiger partial charge in [0.2, 0.25) is 16.2 Å². The molecule has 39 heavy (non-hydrogen) atoms. The lowest BCUT2D eigenvalue weighted by molar-refractivity contribution is -0.118. The lowest BCUT2D eigenvalue weighted by Gasteiger charge is -2.42. The van der Waals surface area contributed by atoms with Gasteiger partial charge in [0.15, 0.2) is 10.1 Å². The summed E-state index contributed by atoms with van der Waals surface area (Å²) in [4.78, 5) is 27.7. The summed E-state index contributed by atoms with van der Waals surface area (Å²) < 4.78 is 1.45. The molecule has 0 saturated heterocycles. The molecule has 1 aliphatic heterocycles. The maximum absolute atomic E-state index is 13.6. The topological polar surface area (TPSA) is 151 Å². The van der Waals surface area contributed by atoms with E-state index in [-0.39, 0.29) is 28.7 Å². The molecule has 0 radical (unpaired) electrons. The molecule has 0 fully saturated rings. The summed E-state index contributed by atoms with van der Waals surface area (Å²) in [6.45, 7) is 5.90. The number of nitrogens with one attached hydrogen (secondary N) is 1. The second-order valence-corrected chi connectivity index (χ2v) is 14.1. The van der Waals surface area contributed by atoms with E-state index in [1.54, 1.807) is 4.90 Å². The van der Waals surface area contributed by atoms with Crippen LogP contribution in [0, 0.1) is 23.7 Å². The van der Waals surface area contributed by atoms with Crippen LogP contribution in [0.4, 0.5) is 10.3 Å². The van der Waals surface area contributed by atoms with Gasteiger partial charge in [0.1, 0.15) is 10.8 Å². The first kappa shape index (κ1) is 27.4. The van der Waals surface area contributed by atoms with Crippen LogP contribution in [0.15, 0.2) is 55.7 Å². The molecule has 1 amide bonds. The van der Waals surface area contributed by atoms with Crippen molar-refractivity contribution < 1.29 is 9.59 Å². The van der Waals surface area contributed by atoms with Gasteiger partial charge >= 0.3 is 0 Å². The van der Waals surface area contributed by atoms with Gasteiger partial charge in [-0.1, -0.05) is 76.3 Å². The summed E-state index contributed by atoms with van der Waals surface area (Å²) in [5.41, 5.74) is 8.79. The number of rotatable bonds is 6. The van der Waals surface area contributed by atoms with E-state index in [9.17, 15) is 14.9 Å². The molecule has 2 aliphatic rings. The number of ketones is 1. The number of amides is 1. The lowest BCUT2D eigenvalue weighted by Crippen LogP contribution is -2.42. The number of anilines is 2. The summed E-state index contributed by atoms with van der Waals surface area (Å²) in [5.74, 6) is -0.479. The fourth-order valence-corrected chi connectivity index (χ4v) is 7.25. The molecular formula is C25H23BrN8O2S3. The molecule has 5 rings (SSSR count). The molecule has 1 atom stereocenters. The van der Waals surface area contributed by atoms with E-state index in [2.05, 4.69) is 47.7 Å². The van der Waals surface area contributed by atoms with Crippen LogP contribution in [-0.2, 0) is 9.59 Å². The first-order chi connectivity index (χ1) is 18.6. The first-order valence-electron chi connectivity index (χ1n) is 11.8. The van der Waals surface area contributed by atoms with Gasteiger partial charge in [0.25, 0.3) is 0 Å². The van der Waals surface area contributed by atoms with Crippen LogP contribution in [0.3, 0.4) is 0 Å². The minimum atomic E-state index is -0.563. The number of hydrogen-bond donors (Lipinski definition) is 2. The number of aromatic nitrogens is 4. The van der Waals surface area contributed by atoms with Crippen molar-refractivity contribution in [3.63, 3.8) is 0 Å². The number of hydrogen-bond acceptors (Lipinski definition) is 12. The van der Waals surface area contributed by atoms with E-state index in [1.165, 1.54) is 34.4 Å². The molecule has 1 aromatic carbocycles. The number of carbonyl (C=O) groups is 2. The van der Waals surface area contributed by atoms with E-state index in [1.807, 2.05) is 45.0 Å². The second-order valence-electron chi connectivity index (χ2n) is 9.85. The van der Waals surface area contributed by atoms with Crippen molar-refractivity contribution in [1.82, 2.24) is 20.4 Å².